The van der Waals surface area contributed by atoms with E-state index in [1.165, 1.54) is 0 Å². The lowest BCUT2D eigenvalue weighted by atomic mass is 10.0. The maximum absolute atomic E-state index is 9.50. The highest BCUT2D eigenvalue weighted by atomic mass is 16.3. The zero-order valence-electron chi connectivity index (χ0n) is 10.4. The van der Waals surface area contributed by atoms with E-state index in [0.29, 0.717) is 5.65 Å². The zero-order valence-corrected chi connectivity index (χ0v) is 10.4. The summed E-state index contributed by atoms with van der Waals surface area (Å²) in [6.07, 6.45) is 5.14. The number of rotatable bonds is 1. The molecular formula is C15H10N4O. The molecule has 0 radical (unpaired) electrons. The Morgan fingerprint density at radius 3 is 2.75 bits per heavy atom. The molecule has 0 aliphatic rings. The summed E-state index contributed by atoms with van der Waals surface area (Å²) in [5.41, 5.74) is 2.68. The summed E-state index contributed by atoms with van der Waals surface area (Å²) in [5, 5.41) is 19.5. The van der Waals surface area contributed by atoms with Gasteiger partial charge in [0.1, 0.15) is 12.1 Å². The summed E-state index contributed by atoms with van der Waals surface area (Å²) in [6, 6.07) is 11.4. The average Bonchev–Trinajstić information content (AvgIpc) is 2.95. The normalized spacial score (nSPS) is 11.2. The van der Waals surface area contributed by atoms with Gasteiger partial charge in [0.2, 0.25) is 0 Å². The van der Waals surface area contributed by atoms with Gasteiger partial charge in [-0.1, -0.05) is 18.2 Å². The van der Waals surface area contributed by atoms with Crippen molar-refractivity contribution in [3.63, 3.8) is 0 Å². The molecule has 5 heteroatoms. The van der Waals surface area contributed by atoms with Gasteiger partial charge in [0.25, 0.3) is 0 Å². The third kappa shape index (κ3) is 1.60. The Labute approximate surface area is 114 Å². The first-order valence-electron chi connectivity index (χ1n) is 6.18. The molecule has 0 atom stereocenters. The number of phenols is 1. The van der Waals surface area contributed by atoms with Crippen molar-refractivity contribution in [1.82, 2.24) is 19.6 Å². The predicted molar refractivity (Wildman–Crippen MR) is 75.4 cm³/mol. The van der Waals surface area contributed by atoms with E-state index in [0.717, 1.165) is 22.0 Å². The van der Waals surface area contributed by atoms with Crippen LogP contribution in [0, 0.1) is 0 Å². The lowest BCUT2D eigenvalue weighted by Gasteiger charge is -2.06. The van der Waals surface area contributed by atoms with E-state index in [4.69, 9.17) is 0 Å². The van der Waals surface area contributed by atoms with Crippen molar-refractivity contribution in [1.29, 1.82) is 0 Å². The molecule has 96 valence electrons. The quantitative estimate of drug-likeness (QED) is 0.572. The SMILES string of the molecule is Oc1ccc2cc(-c3cncc4nncn34)ccc2c1. The second kappa shape index (κ2) is 4.03. The first-order valence-corrected chi connectivity index (χ1v) is 6.18. The number of benzene rings is 2. The van der Waals surface area contributed by atoms with E-state index in [2.05, 4.69) is 21.2 Å². The van der Waals surface area contributed by atoms with Gasteiger partial charge in [-0.25, -0.2) is 0 Å². The van der Waals surface area contributed by atoms with Crippen LogP contribution in [0.15, 0.2) is 55.1 Å². The van der Waals surface area contributed by atoms with Crippen molar-refractivity contribution in [2.75, 3.05) is 0 Å². The van der Waals surface area contributed by atoms with Crippen LogP contribution < -0.4 is 0 Å². The number of aromatic nitrogens is 4. The lowest BCUT2D eigenvalue weighted by molar-refractivity contribution is 0.476. The predicted octanol–water partition coefficient (Wildman–Crippen LogP) is 2.65. The van der Waals surface area contributed by atoms with E-state index in [-0.39, 0.29) is 5.75 Å². The summed E-state index contributed by atoms with van der Waals surface area (Å²) >= 11 is 0. The summed E-state index contributed by atoms with van der Waals surface area (Å²) in [7, 11) is 0. The number of aromatic hydroxyl groups is 1. The van der Waals surface area contributed by atoms with Crippen molar-refractivity contribution in [3.8, 4) is 17.0 Å². The number of hydrogen-bond donors (Lipinski definition) is 1. The van der Waals surface area contributed by atoms with Gasteiger partial charge in [0, 0.05) is 5.56 Å². The van der Waals surface area contributed by atoms with Crippen molar-refractivity contribution in [3.05, 3.63) is 55.1 Å². The van der Waals surface area contributed by atoms with Crippen molar-refractivity contribution in [2.24, 2.45) is 0 Å². The van der Waals surface area contributed by atoms with E-state index in [1.54, 1.807) is 30.9 Å². The molecule has 5 nitrogen and oxygen atoms in total. The zero-order chi connectivity index (χ0) is 13.5. The van der Waals surface area contributed by atoms with Gasteiger partial charge in [-0.2, -0.15) is 0 Å². The van der Waals surface area contributed by atoms with Crippen LogP contribution in [-0.2, 0) is 0 Å². The van der Waals surface area contributed by atoms with Gasteiger partial charge in [0.05, 0.1) is 18.1 Å². The van der Waals surface area contributed by atoms with E-state index >= 15 is 0 Å². The third-order valence-electron chi connectivity index (χ3n) is 3.34. The van der Waals surface area contributed by atoms with Crippen molar-refractivity contribution in [2.45, 2.75) is 0 Å². The monoisotopic (exact) mass is 262 g/mol. The molecule has 0 saturated carbocycles. The minimum atomic E-state index is 0.271. The topological polar surface area (TPSA) is 63.3 Å². The molecule has 20 heavy (non-hydrogen) atoms. The Hall–Kier alpha value is -2.95. The minimum Gasteiger partial charge on any atom is -0.508 e. The molecule has 0 saturated heterocycles. The smallest absolute Gasteiger partial charge is 0.179 e. The molecule has 0 aliphatic carbocycles. The second-order valence-electron chi connectivity index (χ2n) is 4.60. The van der Waals surface area contributed by atoms with Crippen molar-refractivity contribution >= 4 is 16.4 Å². The minimum absolute atomic E-state index is 0.271. The maximum Gasteiger partial charge on any atom is 0.179 e. The second-order valence-corrected chi connectivity index (χ2v) is 4.60. The Morgan fingerprint density at radius 1 is 0.950 bits per heavy atom. The fourth-order valence-corrected chi connectivity index (χ4v) is 2.36. The lowest BCUT2D eigenvalue weighted by Crippen LogP contribution is -1.92. The van der Waals surface area contributed by atoms with E-state index in [1.807, 2.05) is 22.6 Å². The fraction of sp³-hybridized carbons (Fsp3) is 0. The Balaban J connectivity index is 1.98. The number of phenolic OH excluding ortho intramolecular Hbond substituents is 1. The van der Waals surface area contributed by atoms with Gasteiger partial charge >= 0.3 is 0 Å². The molecule has 1 N–H and O–H groups in total. The molecule has 0 spiro atoms. The van der Waals surface area contributed by atoms with Gasteiger partial charge in [-0.15, -0.1) is 10.2 Å². The van der Waals surface area contributed by atoms with E-state index < -0.39 is 0 Å². The molecule has 0 fully saturated rings. The Bertz CT molecular complexity index is 929. The summed E-state index contributed by atoms with van der Waals surface area (Å²) in [6.45, 7) is 0. The average molecular weight is 262 g/mol. The first kappa shape index (κ1) is 10.9. The van der Waals surface area contributed by atoms with E-state index in [9.17, 15) is 5.11 Å². The van der Waals surface area contributed by atoms with Crippen LogP contribution in [-0.4, -0.2) is 24.7 Å². The number of fused-ring (bicyclic) bond motifs is 2. The van der Waals surface area contributed by atoms with Gasteiger partial charge < -0.3 is 5.11 Å². The largest absolute Gasteiger partial charge is 0.508 e. The fourth-order valence-electron chi connectivity index (χ4n) is 2.36. The molecule has 0 unspecified atom stereocenters. The van der Waals surface area contributed by atoms with Gasteiger partial charge in [-0.05, 0) is 29.0 Å². The molecule has 2 aromatic heterocycles. The van der Waals surface area contributed by atoms with Crippen LogP contribution in [0.4, 0.5) is 0 Å². The summed E-state index contributed by atoms with van der Waals surface area (Å²) < 4.78 is 1.90. The van der Waals surface area contributed by atoms with Crippen LogP contribution >= 0.6 is 0 Å². The summed E-state index contributed by atoms with van der Waals surface area (Å²) in [5.74, 6) is 0.271. The number of hydrogen-bond acceptors (Lipinski definition) is 4. The summed E-state index contributed by atoms with van der Waals surface area (Å²) in [4.78, 5) is 4.19. The molecule has 0 amide bonds. The molecule has 2 heterocycles. The highest BCUT2D eigenvalue weighted by Crippen LogP contribution is 2.26. The van der Waals surface area contributed by atoms with Crippen LogP contribution in [0.5, 0.6) is 5.75 Å². The Morgan fingerprint density at radius 2 is 1.80 bits per heavy atom. The highest BCUT2D eigenvalue weighted by Gasteiger charge is 2.06. The molecule has 2 aromatic carbocycles. The maximum atomic E-state index is 9.50. The highest BCUT2D eigenvalue weighted by molar-refractivity contribution is 5.88. The molecule has 4 rings (SSSR count). The van der Waals surface area contributed by atoms with Crippen LogP contribution in [0.1, 0.15) is 0 Å². The van der Waals surface area contributed by atoms with Gasteiger partial charge in [-0.3, -0.25) is 9.38 Å². The Kier molecular flexibility index (Phi) is 2.20. The number of nitrogens with zero attached hydrogens (tertiary/aromatic N) is 4. The van der Waals surface area contributed by atoms with Crippen molar-refractivity contribution < 1.29 is 5.11 Å². The third-order valence-corrected chi connectivity index (χ3v) is 3.34. The van der Waals surface area contributed by atoms with Crippen LogP contribution in [0.3, 0.4) is 0 Å². The molecule has 0 bridgehead atoms. The molecule has 0 aliphatic heterocycles. The van der Waals surface area contributed by atoms with Crippen LogP contribution in [0.2, 0.25) is 0 Å². The molecular weight excluding hydrogens is 252 g/mol. The van der Waals surface area contributed by atoms with Gasteiger partial charge in [0.15, 0.2) is 5.65 Å². The molecule has 4 aromatic rings. The standard InChI is InChI=1S/C15H10N4O/c20-13-4-3-10-5-12(2-1-11(10)6-13)14-7-16-8-15-18-17-9-19(14)15/h1-9,20H. The first-order chi connectivity index (χ1) is 9.81. The van der Waals surface area contributed by atoms with Crippen LogP contribution in [0.25, 0.3) is 27.7 Å².